The number of carbonyl (C=O) groups is 2. The van der Waals surface area contributed by atoms with E-state index in [1.807, 2.05) is 4.90 Å². The van der Waals surface area contributed by atoms with Gasteiger partial charge in [-0.15, -0.1) is 0 Å². The topological polar surface area (TPSA) is 75.4 Å². The van der Waals surface area contributed by atoms with E-state index in [9.17, 15) is 9.59 Å². The van der Waals surface area contributed by atoms with Gasteiger partial charge in [0.1, 0.15) is 0 Å². The van der Waals surface area contributed by atoms with Crippen molar-refractivity contribution in [3.8, 4) is 0 Å². The van der Waals surface area contributed by atoms with Crippen molar-refractivity contribution in [2.75, 3.05) is 13.1 Å². The lowest BCUT2D eigenvalue weighted by atomic mass is 10.2. The van der Waals surface area contributed by atoms with Crippen LogP contribution in [-0.4, -0.2) is 29.8 Å². The number of unbranched alkanes of at least 4 members (excludes halogenated alkanes) is 1. The fraction of sp³-hybridized carbons (Fsp3) is 0.778. The standard InChI is InChI=1S/C9H17N3O2/c10-11-8(13)4-1-2-6-12-7-3-5-9(12)14/h1-7,10H2,(H,11,13). The maximum Gasteiger partial charge on any atom is 0.233 e. The van der Waals surface area contributed by atoms with Gasteiger partial charge in [0.25, 0.3) is 0 Å². The minimum atomic E-state index is -0.141. The Morgan fingerprint density at radius 2 is 2.29 bits per heavy atom. The fourth-order valence-electron chi connectivity index (χ4n) is 1.60. The van der Waals surface area contributed by atoms with Crippen LogP contribution in [0.1, 0.15) is 32.1 Å². The Labute approximate surface area is 83.6 Å². The predicted octanol–water partition coefficient (Wildman–Crippen LogP) is -0.231. The quantitative estimate of drug-likeness (QED) is 0.278. The van der Waals surface area contributed by atoms with Crippen molar-refractivity contribution in [2.45, 2.75) is 32.1 Å². The van der Waals surface area contributed by atoms with Crippen LogP contribution in [0.4, 0.5) is 0 Å². The highest BCUT2D eigenvalue weighted by Gasteiger charge is 2.18. The summed E-state index contributed by atoms with van der Waals surface area (Å²) in [5.74, 6) is 5.04. The van der Waals surface area contributed by atoms with E-state index in [1.165, 1.54) is 0 Å². The minimum Gasteiger partial charge on any atom is -0.343 e. The van der Waals surface area contributed by atoms with Gasteiger partial charge in [-0.25, -0.2) is 5.84 Å². The number of amides is 2. The molecule has 0 spiro atoms. The molecule has 2 amide bonds. The SMILES string of the molecule is NNC(=O)CCCCN1CCCC1=O. The molecule has 1 aliphatic rings. The van der Waals surface area contributed by atoms with Gasteiger partial charge in [-0.3, -0.25) is 15.0 Å². The maximum atomic E-state index is 11.2. The Hall–Kier alpha value is -1.10. The molecule has 0 atom stereocenters. The zero-order valence-corrected chi connectivity index (χ0v) is 8.29. The first-order chi connectivity index (χ1) is 6.74. The maximum absolute atomic E-state index is 11.2. The van der Waals surface area contributed by atoms with E-state index in [0.717, 1.165) is 32.4 Å². The predicted molar refractivity (Wildman–Crippen MR) is 52.0 cm³/mol. The average Bonchev–Trinajstić information content (AvgIpc) is 2.58. The van der Waals surface area contributed by atoms with Crippen molar-refractivity contribution in [2.24, 2.45) is 5.84 Å². The summed E-state index contributed by atoms with van der Waals surface area (Å²) in [6.07, 6.45) is 3.76. The largest absolute Gasteiger partial charge is 0.343 e. The van der Waals surface area contributed by atoms with E-state index < -0.39 is 0 Å². The molecule has 1 fully saturated rings. The summed E-state index contributed by atoms with van der Waals surface area (Å²) >= 11 is 0. The second-order valence-electron chi connectivity index (χ2n) is 3.51. The van der Waals surface area contributed by atoms with Gasteiger partial charge in [-0.05, 0) is 19.3 Å². The molecule has 1 aliphatic heterocycles. The molecule has 5 nitrogen and oxygen atoms in total. The van der Waals surface area contributed by atoms with Crippen molar-refractivity contribution in [1.82, 2.24) is 10.3 Å². The second-order valence-corrected chi connectivity index (χ2v) is 3.51. The molecule has 0 unspecified atom stereocenters. The fourth-order valence-corrected chi connectivity index (χ4v) is 1.60. The Kier molecular flexibility index (Phi) is 4.39. The first-order valence-corrected chi connectivity index (χ1v) is 5.01. The van der Waals surface area contributed by atoms with E-state index in [4.69, 9.17) is 5.84 Å². The highest BCUT2D eigenvalue weighted by atomic mass is 16.2. The Balaban J connectivity index is 2.03. The molecule has 0 aromatic carbocycles. The number of carbonyl (C=O) groups excluding carboxylic acids is 2. The van der Waals surface area contributed by atoms with Crippen LogP contribution in [0.3, 0.4) is 0 Å². The van der Waals surface area contributed by atoms with Crippen LogP contribution < -0.4 is 11.3 Å². The number of nitrogens with zero attached hydrogens (tertiary/aromatic N) is 1. The third kappa shape index (κ3) is 3.33. The summed E-state index contributed by atoms with van der Waals surface area (Å²) in [5.41, 5.74) is 2.08. The molecule has 0 saturated carbocycles. The normalized spacial score (nSPS) is 16.1. The van der Waals surface area contributed by atoms with Gasteiger partial charge in [0.15, 0.2) is 0 Å². The van der Waals surface area contributed by atoms with Crippen molar-refractivity contribution in [3.05, 3.63) is 0 Å². The lowest BCUT2D eigenvalue weighted by molar-refractivity contribution is -0.127. The van der Waals surface area contributed by atoms with Crippen LogP contribution in [0.2, 0.25) is 0 Å². The van der Waals surface area contributed by atoms with E-state index in [2.05, 4.69) is 5.43 Å². The zero-order chi connectivity index (χ0) is 10.4. The molecule has 0 aromatic heterocycles. The van der Waals surface area contributed by atoms with Crippen LogP contribution >= 0.6 is 0 Å². The Morgan fingerprint density at radius 1 is 1.50 bits per heavy atom. The van der Waals surface area contributed by atoms with Gasteiger partial charge in [-0.2, -0.15) is 0 Å². The summed E-state index contributed by atoms with van der Waals surface area (Å²) in [5, 5.41) is 0. The number of nitrogens with two attached hydrogens (primary N) is 1. The summed E-state index contributed by atoms with van der Waals surface area (Å²) in [7, 11) is 0. The number of hydrazine groups is 1. The van der Waals surface area contributed by atoms with E-state index in [0.29, 0.717) is 12.8 Å². The highest BCUT2D eigenvalue weighted by molar-refractivity contribution is 5.78. The molecule has 0 aromatic rings. The highest BCUT2D eigenvalue weighted by Crippen LogP contribution is 2.10. The number of hydrogen-bond donors (Lipinski definition) is 2. The molecular formula is C9H17N3O2. The van der Waals surface area contributed by atoms with Gasteiger partial charge in [0.05, 0.1) is 0 Å². The minimum absolute atomic E-state index is 0.141. The molecule has 0 radical (unpaired) electrons. The number of nitrogens with one attached hydrogen (secondary N) is 1. The van der Waals surface area contributed by atoms with E-state index >= 15 is 0 Å². The molecule has 1 saturated heterocycles. The van der Waals surface area contributed by atoms with Crippen LogP contribution in [0.5, 0.6) is 0 Å². The second kappa shape index (κ2) is 5.59. The van der Waals surface area contributed by atoms with Crippen LogP contribution in [0, 0.1) is 0 Å². The molecule has 14 heavy (non-hydrogen) atoms. The van der Waals surface area contributed by atoms with Crippen molar-refractivity contribution >= 4 is 11.8 Å². The van der Waals surface area contributed by atoms with Crippen LogP contribution in [-0.2, 0) is 9.59 Å². The van der Waals surface area contributed by atoms with Crippen molar-refractivity contribution in [3.63, 3.8) is 0 Å². The van der Waals surface area contributed by atoms with E-state index in [1.54, 1.807) is 0 Å². The lowest BCUT2D eigenvalue weighted by Gasteiger charge is -2.14. The Bertz CT molecular complexity index is 218. The molecule has 5 heteroatoms. The number of rotatable bonds is 5. The summed E-state index contributed by atoms with van der Waals surface area (Å²) in [6, 6.07) is 0. The molecule has 1 rings (SSSR count). The summed E-state index contributed by atoms with van der Waals surface area (Å²) in [6.45, 7) is 1.65. The lowest BCUT2D eigenvalue weighted by Crippen LogP contribution is -2.30. The third-order valence-corrected chi connectivity index (χ3v) is 2.41. The monoisotopic (exact) mass is 199 g/mol. The average molecular weight is 199 g/mol. The molecule has 0 aliphatic carbocycles. The van der Waals surface area contributed by atoms with Gasteiger partial charge < -0.3 is 4.90 Å². The Morgan fingerprint density at radius 3 is 2.86 bits per heavy atom. The molecule has 0 bridgehead atoms. The third-order valence-electron chi connectivity index (χ3n) is 2.41. The molecule has 80 valence electrons. The summed E-state index contributed by atoms with van der Waals surface area (Å²) < 4.78 is 0. The number of likely N-dealkylation sites (tertiary alicyclic amines) is 1. The molecular weight excluding hydrogens is 182 g/mol. The van der Waals surface area contributed by atoms with Gasteiger partial charge >= 0.3 is 0 Å². The van der Waals surface area contributed by atoms with Crippen LogP contribution in [0.15, 0.2) is 0 Å². The van der Waals surface area contributed by atoms with Gasteiger partial charge in [0.2, 0.25) is 11.8 Å². The molecule has 1 heterocycles. The molecule has 3 N–H and O–H groups in total. The van der Waals surface area contributed by atoms with Gasteiger partial charge in [0, 0.05) is 25.9 Å². The zero-order valence-electron chi connectivity index (χ0n) is 8.29. The van der Waals surface area contributed by atoms with Crippen molar-refractivity contribution in [1.29, 1.82) is 0 Å². The van der Waals surface area contributed by atoms with Crippen molar-refractivity contribution < 1.29 is 9.59 Å². The van der Waals surface area contributed by atoms with E-state index in [-0.39, 0.29) is 11.8 Å². The first-order valence-electron chi connectivity index (χ1n) is 5.01. The van der Waals surface area contributed by atoms with Crippen LogP contribution in [0.25, 0.3) is 0 Å². The smallest absolute Gasteiger partial charge is 0.233 e. The summed E-state index contributed by atoms with van der Waals surface area (Å²) in [4.78, 5) is 23.8. The van der Waals surface area contributed by atoms with Gasteiger partial charge in [-0.1, -0.05) is 0 Å². The first kappa shape index (κ1) is 11.0. The number of hydrogen-bond acceptors (Lipinski definition) is 3.